The van der Waals surface area contributed by atoms with Crippen LogP contribution in [0.2, 0.25) is 0 Å². The van der Waals surface area contributed by atoms with Gasteiger partial charge in [0.25, 0.3) is 0 Å². The van der Waals surface area contributed by atoms with Gasteiger partial charge in [0.1, 0.15) is 0 Å². The molecule has 2 atom stereocenters. The van der Waals surface area contributed by atoms with Gasteiger partial charge in [-0.3, -0.25) is 4.79 Å². The van der Waals surface area contributed by atoms with Gasteiger partial charge in [0, 0.05) is 17.4 Å². The first kappa shape index (κ1) is 19.4. The molecule has 1 amide bonds. The van der Waals surface area contributed by atoms with E-state index < -0.39 is 0 Å². The first-order valence-corrected chi connectivity index (χ1v) is 10.9. The van der Waals surface area contributed by atoms with E-state index in [4.69, 9.17) is 0 Å². The second kappa shape index (κ2) is 8.27. The molecule has 154 valence electrons. The molecule has 0 spiro atoms. The molecule has 0 fully saturated rings. The largest absolute Gasteiger partial charge is 0.378 e. The molecule has 0 saturated carbocycles. The van der Waals surface area contributed by atoms with Crippen molar-refractivity contribution in [2.75, 3.05) is 10.2 Å². The van der Waals surface area contributed by atoms with Crippen LogP contribution in [0.15, 0.2) is 97.1 Å². The average molecular weight is 407 g/mol. The van der Waals surface area contributed by atoms with Gasteiger partial charge in [0.15, 0.2) is 0 Å². The van der Waals surface area contributed by atoms with Gasteiger partial charge >= 0.3 is 0 Å². The van der Waals surface area contributed by atoms with Crippen molar-refractivity contribution < 1.29 is 4.79 Å². The number of anilines is 2. The number of nitrogens with zero attached hydrogens (tertiary/aromatic N) is 1. The Labute approximate surface area is 183 Å². The predicted molar refractivity (Wildman–Crippen MR) is 128 cm³/mol. The van der Waals surface area contributed by atoms with Gasteiger partial charge < -0.3 is 10.2 Å². The molecule has 1 heterocycles. The summed E-state index contributed by atoms with van der Waals surface area (Å²) in [6, 6.07) is 33.4. The van der Waals surface area contributed by atoms with Crippen LogP contribution < -0.4 is 10.2 Å². The van der Waals surface area contributed by atoms with E-state index >= 15 is 0 Å². The summed E-state index contributed by atoms with van der Waals surface area (Å²) in [4.78, 5) is 15.6. The third-order valence-electron chi connectivity index (χ3n) is 6.19. The van der Waals surface area contributed by atoms with Gasteiger partial charge in [0.05, 0.1) is 12.5 Å². The lowest BCUT2D eigenvalue weighted by atomic mass is 9.90. The van der Waals surface area contributed by atoms with Crippen molar-refractivity contribution in [3.8, 4) is 0 Å². The molecule has 5 rings (SSSR count). The SMILES string of the molecule is C[C@@H]1C[C@@H](Nc2ccccc2)c2ccccc2N1C(=O)Cc1cccc2ccccc12. The highest BCUT2D eigenvalue weighted by Crippen LogP contribution is 2.39. The van der Waals surface area contributed by atoms with Crippen molar-refractivity contribution in [2.24, 2.45) is 0 Å². The maximum atomic E-state index is 13.6. The Balaban J connectivity index is 1.45. The number of carbonyl (C=O) groups is 1. The normalized spacial score (nSPS) is 17.9. The number of para-hydroxylation sites is 2. The lowest BCUT2D eigenvalue weighted by Crippen LogP contribution is -2.45. The van der Waals surface area contributed by atoms with Crippen LogP contribution in [-0.2, 0) is 11.2 Å². The van der Waals surface area contributed by atoms with E-state index in [-0.39, 0.29) is 18.0 Å². The van der Waals surface area contributed by atoms with Gasteiger partial charge in [0.2, 0.25) is 5.91 Å². The zero-order chi connectivity index (χ0) is 21.2. The number of hydrogen-bond donors (Lipinski definition) is 1. The highest BCUT2D eigenvalue weighted by atomic mass is 16.2. The van der Waals surface area contributed by atoms with Crippen LogP contribution in [0.4, 0.5) is 11.4 Å². The van der Waals surface area contributed by atoms with E-state index in [0.717, 1.165) is 28.7 Å². The van der Waals surface area contributed by atoms with Gasteiger partial charge in [-0.1, -0.05) is 78.9 Å². The van der Waals surface area contributed by atoms with Crippen LogP contribution in [0.5, 0.6) is 0 Å². The molecule has 0 saturated heterocycles. The first-order valence-electron chi connectivity index (χ1n) is 10.9. The maximum absolute atomic E-state index is 13.6. The summed E-state index contributed by atoms with van der Waals surface area (Å²) >= 11 is 0. The van der Waals surface area contributed by atoms with E-state index in [9.17, 15) is 4.79 Å². The highest BCUT2D eigenvalue weighted by Gasteiger charge is 2.33. The summed E-state index contributed by atoms with van der Waals surface area (Å²) < 4.78 is 0. The zero-order valence-corrected chi connectivity index (χ0v) is 17.7. The number of benzene rings is 4. The fraction of sp³-hybridized carbons (Fsp3) is 0.179. The molecule has 1 aliphatic rings. The summed E-state index contributed by atoms with van der Waals surface area (Å²) in [5.41, 5.74) is 4.37. The van der Waals surface area contributed by atoms with E-state index in [2.05, 4.69) is 66.8 Å². The Morgan fingerprint density at radius 2 is 1.58 bits per heavy atom. The molecule has 1 N–H and O–H groups in total. The summed E-state index contributed by atoms with van der Waals surface area (Å²) in [5, 5.41) is 5.99. The van der Waals surface area contributed by atoms with Crippen molar-refractivity contribution in [3.63, 3.8) is 0 Å². The van der Waals surface area contributed by atoms with Crippen molar-refractivity contribution in [2.45, 2.75) is 31.8 Å². The van der Waals surface area contributed by atoms with Crippen molar-refractivity contribution in [1.29, 1.82) is 0 Å². The van der Waals surface area contributed by atoms with E-state index in [1.54, 1.807) is 0 Å². The minimum atomic E-state index is 0.110. The third-order valence-corrected chi connectivity index (χ3v) is 6.19. The van der Waals surface area contributed by atoms with Crippen LogP contribution >= 0.6 is 0 Å². The molecular weight excluding hydrogens is 380 g/mol. The second-order valence-electron chi connectivity index (χ2n) is 8.29. The number of carbonyl (C=O) groups excluding carboxylic acids is 1. The number of rotatable bonds is 4. The molecule has 1 aliphatic heterocycles. The highest BCUT2D eigenvalue weighted by molar-refractivity contribution is 5.99. The first-order chi connectivity index (χ1) is 15.2. The van der Waals surface area contributed by atoms with Crippen molar-refractivity contribution in [1.82, 2.24) is 0 Å². The molecule has 4 aromatic carbocycles. The standard InChI is InChI=1S/C28H26N2O/c1-20-18-26(29-23-13-3-2-4-14-23)25-16-7-8-17-27(25)30(20)28(31)19-22-12-9-11-21-10-5-6-15-24(21)22/h2-17,20,26,29H,18-19H2,1H3/t20-,26-/m1/s1. The van der Waals surface area contributed by atoms with Crippen LogP contribution in [0.3, 0.4) is 0 Å². The maximum Gasteiger partial charge on any atom is 0.231 e. The second-order valence-corrected chi connectivity index (χ2v) is 8.29. The lowest BCUT2D eigenvalue weighted by molar-refractivity contribution is -0.118. The number of hydrogen-bond acceptors (Lipinski definition) is 2. The molecule has 0 unspecified atom stereocenters. The fourth-order valence-corrected chi connectivity index (χ4v) is 4.76. The smallest absolute Gasteiger partial charge is 0.231 e. The van der Waals surface area contributed by atoms with Crippen LogP contribution in [0.1, 0.15) is 30.5 Å². The molecule has 3 nitrogen and oxygen atoms in total. The minimum absolute atomic E-state index is 0.110. The Hall–Kier alpha value is -3.59. The van der Waals surface area contributed by atoms with Gasteiger partial charge in [-0.2, -0.15) is 0 Å². The monoisotopic (exact) mass is 406 g/mol. The zero-order valence-electron chi connectivity index (χ0n) is 17.7. The van der Waals surface area contributed by atoms with Crippen LogP contribution in [-0.4, -0.2) is 11.9 Å². The van der Waals surface area contributed by atoms with E-state index in [1.807, 2.05) is 47.4 Å². The molecule has 0 aliphatic carbocycles. The Kier molecular flexibility index (Phi) is 5.17. The Morgan fingerprint density at radius 1 is 0.871 bits per heavy atom. The van der Waals surface area contributed by atoms with Gasteiger partial charge in [-0.25, -0.2) is 0 Å². The van der Waals surface area contributed by atoms with Gasteiger partial charge in [-0.05, 0) is 53.4 Å². The summed E-state index contributed by atoms with van der Waals surface area (Å²) in [7, 11) is 0. The van der Waals surface area contributed by atoms with Gasteiger partial charge in [-0.15, -0.1) is 0 Å². The number of amides is 1. The average Bonchev–Trinajstić information content (AvgIpc) is 2.80. The molecule has 31 heavy (non-hydrogen) atoms. The fourth-order valence-electron chi connectivity index (χ4n) is 4.76. The van der Waals surface area contributed by atoms with E-state index in [0.29, 0.717) is 6.42 Å². The lowest BCUT2D eigenvalue weighted by Gasteiger charge is -2.40. The molecule has 0 radical (unpaired) electrons. The molecule has 3 heteroatoms. The van der Waals surface area contributed by atoms with E-state index in [1.165, 1.54) is 10.9 Å². The molecule has 0 aromatic heterocycles. The predicted octanol–water partition coefficient (Wildman–Crippen LogP) is 6.36. The quantitative estimate of drug-likeness (QED) is 0.428. The van der Waals surface area contributed by atoms with Crippen molar-refractivity contribution >= 4 is 28.1 Å². The Morgan fingerprint density at radius 3 is 2.45 bits per heavy atom. The van der Waals surface area contributed by atoms with Crippen molar-refractivity contribution in [3.05, 3.63) is 108 Å². The third kappa shape index (κ3) is 3.79. The summed E-state index contributed by atoms with van der Waals surface area (Å²) in [6.45, 7) is 2.15. The minimum Gasteiger partial charge on any atom is -0.378 e. The summed E-state index contributed by atoms with van der Waals surface area (Å²) in [5.74, 6) is 0.148. The molecule has 0 bridgehead atoms. The van der Waals surface area contributed by atoms with Crippen LogP contribution in [0, 0.1) is 0 Å². The van der Waals surface area contributed by atoms with Crippen LogP contribution in [0.25, 0.3) is 10.8 Å². The number of fused-ring (bicyclic) bond motifs is 2. The topological polar surface area (TPSA) is 32.3 Å². The Bertz CT molecular complexity index is 1210. The summed E-state index contributed by atoms with van der Waals surface area (Å²) in [6.07, 6.45) is 1.27. The molecule has 4 aromatic rings. The molecular formula is C28H26N2O. The number of nitrogens with one attached hydrogen (secondary N) is 1.